The van der Waals surface area contributed by atoms with E-state index in [4.69, 9.17) is 10.3 Å². The quantitative estimate of drug-likeness (QED) is 0.482. The van der Waals surface area contributed by atoms with Crippen LogP contribution in [0.4, 0.5) is 0 Å². The van der Waals surface area contributed by atoms with E-state index in [2.05, 4.69) is 5.16 Å². The maximum Gasteiger partial charge on any atom is 0.309 e. The van der Waals surface area contributed by atoms with Crippen molar-refractivity contribution >= 4 is 22.5 Å². The minimum Gasteiger partial charge on any atom is -0.481 e. The van der Waals surface area contributed by atoms with Crippen molar-refractivity contribution in [1.29, 1.82) is 0 Å². The number of nitrogens with zero attached hydrogens (tertiary/aromatic N) is 1. The Morgan fingerprint density at radius 1 is 1.12 bits per heavy atom. The standard InChI is InChI=1S/C13H11NO3/c15-13(16)8-12(14-17)11-6-5-9-3-1-2-4-10(9)7-11/h1-7,17H,8H2,(H,15,16)/b14-12-. The Kier molecular flexibility index (Phi) is 3.05. The second kappa shape index (κ2) is 4.65. The van der Waals surface area contributed by atoms with Gasteiger partial charge < -0.3 is 10.3 Å². The van der Waals surface area contributed by atoms with Gasteiger partial charge in [-0.15, -0.1) is 0 Å². The number of rotatable bonds is 3. The van der Waals surface area contributed by atoms with Gasteiger partial charge >= 0.3 is 5.97 Å². The molecule has 0 radical (unpaired) electrons. The predicted molar refractivity (Wildman–Crippen MR) is 64.5 cm³/mol. The van der Waals surface area contributed by atoms with Gasteiger partial charge in [-0.3, -0.25) is 4.79 Å². The van der Waals surface area contributed by atoms with E-state index in [1.54, 1.807) is 6.07 Å². The van der Waals surface area contributed by atoms with Gasteiger partial charge in [0.15, 0.2) is 0 Å². The average Bonchev–Trinajstić information content (AvgIpc) is 2.35. The smallest absolute Gasteiger partial charge is 0.309 e. The Morgan fingerprint density at radius 2 is 1.82 bits per heavy atom. The van der Waals surface area contributed by atoms with Gasteiger partial charge in [0.2, 0.25) is 0 Å². The molecule has 0 saturated heterocycles. The number of carbonyl (C=O) groups is 1. The lowest BCUT2D eigenvalue weighted by Gasteiger charge is -2.04. The Morgan fingerprint density at radius 3 is 2.47 bits per heavy atom. The number of hydrogen-bond acceptors (Lipinski definition) is 3. The molecular weight excluding hydrogens is 218 g/mol. The van der Waals surface area contributed by atoms with Crippen molar-refractivity contribution < 1.29 is 15.1 Å². The molecule has 2 aromatic rings. The average molecular weight is 229 g/mol. The molecule has 0 saturated carbocycles. The van der Waals surface area contributed by atoms with E-state index in [1.807, 2.05) is 36.4 Å². The lowest BCUT2D eigenvalue weighted by molar-refractivity contribution is -0.135. The highest BCUT2D eigenvalue weighted by molar-refractivity contribution is 6.10. The minimum atomic E-state index is -1.02. The zero-order chi connectivity index (χ0) is 12.3. The van der Waals surface area contributed by atoms with Crippen molar-refractivity contribution in [3.05, 3.63) is 48.0 Å². The molecule has 4 heteroatoms. The maximum atomic E-state index is 10.6. The zero-order valence-electron chi connectivity index (χ0n) is 9.00. The van der Waals surface area contributed by atoms with Gasteiger partial charge in [-0.05, 0) is 16.8 Å². The molecule has 0 aliphatic heterocycles. The van der Waals surface area contributed by atoms with Gasteiger partial charge in [0.05, 0.1) is 12.1 Å². The largest absolute Gasteiger partial charge is 0.481 e. The maximum absolute atomic E-state index is 10.6. The number of benzene rings is 2. The van der Waals surface area contributed by atoms with E-state index in [-0.39, 0.29) is 12.1 Å². The topological polar surface area (TPSA) is 69.9 Å². The van der Waals surface area contributed by atoms with E-state index in [9.17, 15) is 4.79 Å². The molecule has 17 heavy (non-hydrogen) atoms. The third kappa shape index (κ3) is 2.42. The van der Waals surface area contributed by atoms with Crippen molar-refractivity contribution in [2.75, 3.05) is 0 Å². The van der Waals surface area contributed by atoms with Crippen LogP contribution >= 0.6 is 0 Å². The molecule has 4 nitrogen and oxygen atoms in total. The summed E-state index contributed by atoms with van der Waals surface area (Å²) in [4.78, 5) is 10.6. The summed E-state index contributed by atoms with van der Waals surface area (Å²) in [5.74, 6) is -1.02. The molecular formula is C13H11NO3. The fourth-order valence-electron chi connectivity index (χ4n) is 1.71. The Hall–Kier alpha value is -2.36. The Bertz CT molecular complexity index is 590. The van der Waals surface area contributed by atoms with E-state index in [1.165, 1.54) is 0 Å². The van der Waals surface area contributed by atoms with Gasteiger partial charge in [-0.25, -0.2) is 0 Å². The third-order valence-corrected chi connectivity index (χ3v) is 2.52. The SMILES string of the molecule is O=C(O)C/C(=N/O)c1ccc2ccccc2c1. The second-order valence-electron chi connectivity index (χ2n) is 3.68. The van der Waals surface area contributed by atoms with Crippen LogP contribution in [0.5, 0.6) is 0 Å². The van der Waals surface area contributed by atoms with Crippen LogP contribution < -0.4 is 0 Å². The predicted octanol–water partition coefficient (Wildman–Crippen LogP) is 2.49. The molecule has 0 aromatic heterocycles. The Labute approximate surface area is 97.8 Å². The molecule has 2 aromatic carbocycles. The molecule has 0 spiro atoms. The third-order valence-electron chi connectivity index (χ3n) is 2.52. The van der Waals surface area contributed by atoms with Crippen LogP contribution in [0.1, 0.15) is 12.0 Å². The fraction of sp³-hybridized carbons (Fsp3) is 0.0769. The summed E-state index contributed by atoms with van der Waals surface area (Å²) in [6.07, 6.45) is -0.297. The zero-order valence-corrected chi connectivity index (χ0v) is 9.00. The molecule has 0 heterocycles. The highest BCUT2D eigenvalue weighted by Crippen LogP contribution is 2.17. The van der Waals surface area contributed by atoms with E-state index < -0.39 is 5.97 Å². The summed E-state index contributed by atoms with van der Waals surface area (Å²) in [6, 6.07) is 13.2. The number of fused-ring (bicyclic) bond motifs is 1. The first-order valence-corrected chi connectivity index (χ1v) is 5.12. The normalized spacial score (nSPS) is 11.6. The van der Waals surface area contributed by atoms with Crippen LogP contribution in [0.2, 0.25) is 0 Å². The van der Waals surface area contributed by atoms with Crippen molar-refractivity contribution in [3.63, 3.8) is 0 Å². The van der Waals surface area contributed by atoms with E-state index >= 15 is 0 Å². The molecule has 0 aliphatic rings. The van der Waals surface area contributed by atoms with Crippen LogP contribution in [0.15, 0.2) is 47.6 Å². The minimum absolute atomic E-state index is 0.156. The summed E-state index contributed by atoms with van der Waals surface area (Å²) in [7, 11) is 0. The van der Waals surface area contributed by atoms with Gasteiger partial charge in [-0.2, -0.15) is 0 Å². The number of hydrogen-bond donors (Lipinski definition) is 2. The molecule has 2 N–H and O–H groups in total. The molecule has 0 fully saturated rings. The molecule has 0 amide bonds. The molecule has 0 aliphatic carbocycles. The lowest BCUT2D eigenvalue weighted by Crippen LogP contribution is -2.08. The van der Waals surface area contributed by atoms with Crippen molar-refractivity contribution in [3.8, 4) is 0 Å². The first-order chi connectivity index (χ1) is 8.20. The van der Waals surface area contributed by atoms with E-state index in [0.717, 1.165) is 10.8 Å². The summed E-state index contributed by atoms with van der Waals surface area (Å²) < 4.78 is 0. The first-order valence-electron chi connectivity index (χ1n) is 5.12. The molecule has 86 valence electrons. The second-order valence-corrected chi connectivity index (χ2v) is 3.68. The molecule has 0 bridgehead atoms. The molecule has 2 rings (SSSR count). The van der Waals surface area contributed by atoms with E-state index in [0.29, 0.717) is 5.56 Å². The summed E-state index contributed by atoms with van der Waals surface area (Å²) in [5, 5.41) is 22.6. The monoisotopic (exact) mass is 229 g/mol. The van der Waals surface area contributed by atoms with Crippen molar-refractivity contribution in [1.82, 2.24) is 0 Å². The van der Waals surface area contributed by atoms with Gasteiger partial charge in [-0.1, -0.05) is 41.6 Å². The van der Waals surface area contributed by atoms with Crippen LogP contribution in [0, 0.1) is 0 Å². The van der Waals surface area contributed by atoms with Crippen molar-refractivity contribution in [2.24, 2.45) is 5.16 Å². The highest BCUT2D eigenvalue weighted by Gasteiger charge is 2.09. The summed E-state index contributed by atoms with van der Waals surface area (Å²) in [6.45, 7) is 0. The molecule has 0 unspecified atom stereocenters. The van der Waals surface area contributed by atoms with Gasteiger partial charge in [0, 0.05) is 5.56 Å². The van der Waals surface area contributed by atoms with Crippen LogP contribution in [-0.2, 0) is 4.79 Å². The van der Waals surface area contributed by atoms with Gasteiger partial charge in [0.1, 0.15) is 0 Å². The summed E-state index contributed by atoms with van der Waals surface area (Å²) in [5.41, 5.74) is 0.775. The van der Waals surface area contributed by atoms with Gasteiger partial charge in [0.25, 0.3) is 0 Å². The van der Waals surface area contributed by atoms with Crippen LogP contribution in [0.3, 0.4) is 0 Å². The van der Waals surface area contributed by atoms with Crippen LogP contribution in [0.25, 0.3) is 10.8 Å². The molecule has 0 atom stereocenters. The highest BCUT2D eigenvalue weighted by atomic mass is 16.4. The van der Waals surface area contributed by atoms with Crippen LogP contribution in [-0.4, -0.2) is 22.0 Å². The number of aliphatic carboxylic acids is 1. The first kappa shape index (κ1) is 11.1. The number of carboxylic acid groups (broad SMARTS) is 1. The lowest BCUT2D eigenvalue weighted by atomic mass is 10.0. The number of carboxylic acids is 1. The Balaban J connectivity index is 2.45. The van der Waals surface area contributed by atoms with Crippen molar-refractivity contribution in [2.45, 2.75) is 6.42 Å². The fourth-order valence-corrected chi connectivity index (χ4v) is 1.71. The number of oxime groups is 1. The summed E-state index contributed by atoms with van der Waals surface area (Å²) >= 11 is 0.